The highest BCUT2D eigenvalue weighted by Crippen LogP contribution is 2.45. The summed E-state index contributed by atoms with van der Waals surface area (Å²) in [6.07, 6.45) is 13.7. The van der Waals surface area contributed by atoms with Crippen LogP contribution < -0.4 is 5.32 Å². The molecule has 0 aromatic carbocycles. The Morgan fingerprint density at radius 3 is 2.37 bits per heavy atom. The molecule has 1 N–H and O–H groups in total. The van der Waals surface area contributed by atoms with E-state index in [1.807, 2.05) is 12.3 Å². The number of hydrogen-bond acceptors (Lipinski definition) is 2. The fourth-order valence-electron chi connectivity index (χ4n) is 6.28. The number of pyridine rings is 1. The summed E-state index contributed by atoms with van der Waals surface area (Å²) in [7, 11) is 0. The molecule has 0 radical (unpaired) electrons. The molecule has 0 amide bonds. The second-order valence-electron chi connectivity index (χ2n) is 9.46. The lowest BCUT2D eigenvalue weighted by Crippen LogP contribution is -2.37. The number of hydrogen-bond donors (Lipinski definition) is 1. The van der Waals surface area contributed by atoms with Crippen LogP contribution in [-0.4, -0.2) is 25.6 Å². The molecule has 2 aromatic rings. The van der Waals surface area contributed by atoms with Crippen molar-refractivity contribution in [2.45, 2.75) is 95.8 Å². The number of nitrogens with zero attached hydrogens (tertiary/aromatic N) is 3. The summed E-state index contributed by atoms with van der Waals surface area (Å²) in [4.78, 5) is 7.26. The zero-order valence-corrected chi connectivity index (χ0v) is 19.1. The van der Waals surface area contributed by atoms with Crippen LogP contribution in [0.2, 0.25) is 0 Å². The highest BCUT2D eigenvalue weighted by atomic mass is 32.1. The third kappa shape index (κ3) is 3.45. The van der Waals surface area contributed by atoms with Crippen molar-refractivity contribution in [2.24, 2.45) is 0 Å². The highest BCUT2D eigenvalue weighted by Gasteiger charge is 2.45. The van der Waals surface area contributed by atoms with E-state index in [1.54, 1.807) is 0 Å². The van der Waals surface area contributed by atoms with Gasteiger partial charge in [0.25, 0.3) is 0 Å². The third-order valence-corrected chi connectivity index (χ3v) is 7.96. The normalized spacial score (nSPS) is 25.8. The quantitative estimate of drug-likeness (QED) is 0.620. The van der Waals surface area contributed by atoms with Crippen LogP contribution in [0.25, 0.3) is 0 Å². The summed E-state index contributed by atoms with van der Waals surface area (Å²) in [5, 5.41) is 4.57. The Balaban J connectivity index is 1.58. The van der Waals surface area contributed by atoms with E-state index in [0.717, 1.165) is 10.8 Å². The first-order chi connectivity index (χ1) is 14.6. The number of aromatic nitrogens is 2. The van der Waals surface area contributed by atoms with E-state index >= 15 is 0 Å². The molecule has 0 unspecified atom stereocenters. The molecule has 1 aliphatic heterocycles. The minimum Gasteiger partial charge on any atom is -0.352 e. The Kier molecular flexibility index (Phi) is 5.57. The minimum atomic E-state index is 0.111. The zero-order chi connectivity index (χ0) is 20.7. The predicted octanol–water partition coefficient (Wildman–Crippen LogP) is 5.92. The SMILES string of the molecule is Cc1cc([C@@H]2[C@H](c3ccccn3)NC(=S)N2C2CCCC2)c(C)n1C1CCCCC1. The molecular weight excluding hydrogens is 388 g/mol. The molecule has 3 fully saturated rings. The Morgan fingerprint density at radius 1 is 0.967 bits per heavy atom. The van der Waals surface area contributed by atoms with Gasteiger partial charge in [-0.15, -0.1) is 0 Å². The molecule has 2 aromatic heterocycles. The standard InChI is InChI=1S/C25H34N4S/c1-17-16-21(18(2)28(17)19-10-4-3-5-11-19)24-23(22-14-8-9-15-26-22)27-25(30)29(24)20-12-6-7-13-20/h8-9,14-16,19-20,23-24H,3-7,10-13H2,1-2H3,(H,27,30)/t23-,24+/m0/s1. The zero-order valence-electron chi connectivity index (χ0n) is 18.3. The second kappa shape index (κ2) is 8.33. The molecule has 3 heterocycles. The first-order valence-electron chi connectivity index (χ1n) is 11.8. The minimum absolute atomic E-state index is 0.111. The summed E-state index contributed by atoms with van der Waals surface area (Å²) in [6.45, 7) is 4.63. The van der Waals surface area contributed by atoms with Gasteiger partial charge in [0.1, 0.15) is 0 Å². The monoisotopic (exact) mass is 422 g/mol. The van der Waals surface area contributed by atoms with Gasteiger partial charge in [-0.25, -0.2) is 0 Å². The molecule has 5 rings (SSSR count). The summed E-state index contributed by atoms with van der Waals surface area (Å²) >= 11 is 5.92. The molecule has 3 aliphatic rings. The average Bonchev–Trinajstić information content (AvgIpc) is 3.47. The molecular formula is C25H34N4S. The van der Waals surface area contributed by atoms with Crippen LogP contribution in [-0.2, 0) is 0 Å². The van der Waals surface area contributed by atoms with Gasteiger partial charge >= 0.3 is 0 Å². The van der Waals surface area contributed by atoms with Gasteiger partial charge in [-0.05, 0) is 75.5 Å². The highest BCUT2D eigenvalue weighted by molar-refractivity contribution is 7.80. The van der Waals surface area contributed by atoms with Crippen LogP contribution in [0.3, 0.4) is 0 Å². The molecule has 2 aliphatic carbocycles. The molecule has 4 nitrogen and oxygen atoms in total. The maximum atomic E-state index is 5.92. The lowest BCUT2D eigenvalue weighted by molar-refractivity contribution is 0.244. The number of rotatable bonds is 4. The topological polar surface area (TPSA) is 33.1 Å². The average molecular weight is 423 g/mol. The summed E-state index contributed by atoms with van der Waals surface area (Å²) in [6, 6.07) is 10.2. The molecule has 0 bridgehead atoms. The molecule has 30 heavy (non-hydrogen) atoms. The van der Waals surface area contributed by atoms with Gasteiger partial charge in [0.15, 0.2) is 5.11 Å². The Hall–Kier alpha value is -1.88. The molecule has 5 heteroatoms. The van der Waals surface area contributed by atoms with Crippen molar-refractivity contribution in [3.63, 3.8) is 0 Å². The third-order valence-electron chi connectivity index (χ3n) is 7.64. The summed E-state index contributed by atoms with van der Waals surface area (Å²) < 4.78 is 2.64. The Bertz CT molecular complexity index is 893. The number of nitrogens with one attached hydrogen (secondary N) is 1. The first kappa shape index (κ1) is 20.0. The van der Waals surface area contributed by atoms with Gasteiger partial charge in [-0.2, -0.15) is 0 Å². The van der Waals surface area contributed by atoms with Gasteiger partial charge in [0.05, 0.1) is 17.8 Å². The number of aryl methyl sites for hydroxylation is 1. The van der Waals surface area contributed by atoms with E-state index < -0.39 is 0 Å². The van der Waals surface area contributed by atoms with Crippen molar-refractivity contribution in [2.75, 3.05) is 0 Å². The van der Waals surface area contributed by atoms with E-state index in [-0.39, 0.29) is 12.1 Å². The van der Waals surface area contributed by atoms with Crippen LogP contribution in [0, 0.1) is 13.8 Å². The van der Waals surface area contributed by atoms with E-state index in [0.29, 0.717) is 12.1 Å². The van der Waals surface area contributed by atoms with Gasteiger partial charge < -0.3 is 14.8 Å². The van der Waals surface area contributed by atoms with Gasteiger partial charge in [0, 0.05) is 29.7 Å². The van der Waals surface area contributed by atoms with Crippen molar-refractivity contribution < 1.29 is 0 Å². The van der Waals surface area contributed by atoms with Crippen molar-refractivity contribution in [1.29, 1.82) is 0 Å². The van der Waals surface area contributed by atoms with Gasteiger partial charge in [-0.3, -0.25) is 4.98 Å². The van der Waals surface area contributed by atoms with Gasteiger partial charge in [0.2, 0.25) is 0 Å². The van der Waals surface area contributed by atoms with E-state index in [1.165, 1.54) is 74.7 Å². The van der Waals surface area contributed by atoms with Crippen molar-refractivity contribution >= 4 is 17.3 Å². The lowest BCUT2D eigenvalue weighted by Gasteiger charge is -2.33. The fourth-order valence-corrected chi connectivity index (χ4v) is 6.67. The number of thiocarbonyl (C=S) groups is 1. The van der Waals surface area contributed by atoms with Gasteiger partial charge in [-0.1, -0.05) is 38.2 Å². The van der Waals surface area contributed by atoms with Crippen LogP contribution in [0.1, 0.15) is 98.6 Å². The van der Waals surface area contributed by atoms with Crippen LogP contribution in [0.4, 0.5) is 0 Å². The maximum Gasteiger partial charge on any atom is 0.170 e. The van der Waals surface area contributed by atoms with E-state index in [9.17, 15) is 0 Å². The van der Waals surface area contributed by atoms with Crippen molar-refractivity contribution in [3.05, 3.63) is 53.1 Å². The smallest absolute Gasteiger partial charge is 0.170 e. The molecule has 2 saturated carbocycles. The molecule has 1 saturated heterocycles. The maximum absolute atomic E-state index is 5.92. The Morgan fingerprint density at radius 2 is 1.67 bits per heavy atom. The summed E-state index contributed by atoms with van der Waals surface area (Å²) in [5.74, 6) is 0. The Labute approximate surface area is 186 Å². The molecule has 2 atom stereocenters. The molecule has 0 spiro atoms. The predicted molar refractivity (Wildman–Crippen MR) is 126 cm³/mol. The van der Waals surface area contributed by atoms with Crippen LogP contribution in [0.5, 0.6) is 0 Å². The van der Waals surface area contributed by atoms with Crippen molar-refractivity contribution in [1.82, 2.24) is 19.8 Å². The van der Waals surface area contributed by atoms with E-state index in [4.69, 9.17) is 17.2 Å². The first-order valence-corrected chi connectivity index (χ1v) is 12.2. The lowest BCUT2D eigenvalue weighted by atomic mass is 9.94. The van der Waals surface area contributed by atoms with Crippen LogP contribution in [0.15, 0.2) is 30.5 Å². The molecule has 160 valence electrons. The second-order valence-corrected chi connectivity index (χ2v) is 9.85. The van der Waals surface area contributed by atoms with Crippen LogP contribution >= 0.6 is 12.2 Å². The fraction of sp³-hybridized carbons (Fsp3) is 0.600. The van der Waals surface area contributed by atoms with Crippen molar-refractivity contribution in [3.8, 4) is 0 Å². The van der Waals surface area contributed by atoms with E-state index in [2.05, 4.69) is 46.8 Å². The largest absolute Gasteiger partial charge is 0.352 e. The summed E-state index contributed by atoms with van der Waals surface area (Å²) in [5.41, 5.74) is 5.36.